The van der Waals surface area contributed by atoms with E-state index in [1.165, 1.54) is 0 Å². The number of benzene rings is 1. The molecule has 0 saturated carbocycles. The SMILES string of the molecule is CCc1nc([NH+]=C(N)N)nc2cc(C)ccc12. The number of aromatic nitrogens is 2. The Kier molecular flexibility index (Phi) is 2.91. The van der Waals surface area contributed by atoms with Crippen molar-refractivity contribution in [1.82, 2.24) is 9.97 Å². The van der Waals surface area contributed by atoms with E-state index in [0.717, 1.165) is 28.6 Å². The zero-order chi connectivity index (χ0) is 12.4. The molecule has 0 unspecified atom stereocenters. The topological polar surface area (TPSA) is 91.8 Å². The first kappa shape index (κ1) is 11.3. The smallest absolute Gasteiger partial charge is 0.323 e. The predicted octanol–water partition coefficient (Wildman–Crippen LogP) is -0.514. The van der Waals surface area contributed by atoms with E-state index in [9.17, 15) is 0 Å². The molecule has 0 fully saturated rings. The van der Waals surface area contributed by atoms with Crippen LogP contribution in [0.25, 0.3) is 10.9 Å². The summed E-state index contributed by atoms with van der Waals surface area (Å²) in [5.41, 5.74) is 13.8. The van der Waals surface area contributed by atoms with Crippen LogP contribution in [-0.2, 0) is 6.42 Å². The van der Waals surface area contributed by atoms with E-state index in [1.54, 1.807) is 0 Å². The zero-order valence-electron chi connectivity index (χ0n) is 9.99. The second kappa shape index (κ2) is 4.37. The Bertz CT molecular complexity index is 585. The fourth-order valence-corrected chi connectivity index (χ4v) is 1.76. The molecule has 0 atom stereocenters. The molecule has 0 amide bonds. The number of hydrogen-bond donors (Lipinski definition) is 3. The summed E-state index contributed by atoms with van der Waals surface area (Å²) >= 11 is 0. The molecule has 5 heteroatoms. The Morgan fingerprint density at radius 1 is 1.29 bits per heavy atom. The van der Waals surface area contributed by atoms with E-state index in [1.807, 2.05) is 19.1 Å². The van der Waals surface area contributed by atoms with Gasteiger partial charge in [-0.25, -0.2) is 4.99 Å². The third-order valence-corrected chi connectivity index (χ3v) is 2.52. The molecule has 88 valence electrons. The van der Waals surface area contributed by atoms with E-state index < -0.39 is 0 Å². The number of rotatable bonds is 2. The van der Waals surface area contributed by atoms with E-state index >= 15 is 0 Å². The first-order valence-electron chi connectivity index (χ1n) is 5.52. The molecule has 5 nitrogen and oxygen atoms in total. The molecule has 17 heavy (non-hydrogen) atoms. The van der Waals surface area contributed by atoms with Gasteiger partial charge in [0.05, 0.1) is 5.69 Å². The lowest BCUT2D eigenvalue weighted by Crippen LogP contribution is -2.73. The molecule has 1 heterocycles. The van der Waals surface area contributed by atoms with E-state index in [0.29, 0.717) is 5.95 Å². The average molecular weight is 230 g/mol. The quantitative estimate of drug-likeness (QED) is 0.478. The van der Waals surface area contributed by atoms with Crippen LogP contribution in [0.2, 0.25) is 0 Å². The number of nitrogens with two attached hydrogens (primary N) is 2. The predicted molar refractivity (Wildman–Crippen MR) is 67.7 cm³/mol. The number of nitrogens with one attached hydrogen (secondary N) is 1. The van der Waals surface area contributed by atoms with Gasteiger partial charge in [0, 0.05) is 5.39 Å². The van der Waals surface area contributed by atoms with Gasteiger partial charge in [-0.15, -0.1) is 9.97 Å². The van der Waals surface area contributed by atoms with Gasteiger partial charge in [-0.05, 0) is 31.0 Å². The summed E-state index contributed by atoms with van der Waals surface area (Å²) in [5, 5.41) is 1.07. The molecule has 1 aromatic carbocycles. The summed E-state index contributed by atoms with van der Waals surface area (Å²) in [6, 6.07) is 6.12. The second-order valence-electron chi connectivity index (χ2n) is 3.95. The Hall–Kier alpha value is -2.17. The van der Waals surface area contributed by atoms with Crippen LogP contribution in [-0.4, -0.2) is 15.9 Å². The number of fused-ring (bicyclic) bond motifs is 1. The molecule has 0 aliphatic heterocycles. The lowest BCUT2D eigenvalue weighted by Gasteiger charge is -2.01. The van der Waals surface area contributed by atoms with Gasteiger partial charge in [-0.1, -0.05) is 13.0 Å². The Morgan fingerprint density at radius 2 is 2.06 bits per heavy atom. The van der Waals surface area contributed by atoms with Gasteiger partial charge in [0.15, 0.2) is 0 Å². The van der Waals surface area contributed by atoms with Gasteiger partial charge in [0.1, 0.15) is 5.52 Å². The molecule has 0 aliphatic rings. The van der Waals surface area contributed by atoms with Crippen LogP contribution < -0.4 is 16.5 Å². The fourth-order valence-electron chi connectivity index (χ4n) is 1.76. The maximum Gasteiger partial charge on any atom is 0.354 e. The van der Waals surface area contributed by atoms with E-state index in [2.05, 4.69) is 28.0 Å². The van der Waals surface area contributed by atoms with E-state index in [-0.39, 0.29) is 5.96 Å². The molecule has 0 saturated heterocycles. The van der Waals surface area contributed by atoms with Crippen molar-refractivity contribution < 1.29 is 4.99 Å². The average Bonchev–Trinajstić information content (AvgIpc) is 2.26. The summed E-state index contributed by atoms with van der Waals surface area (Å²) in [5.74, 6) is 0.541. The molecular weight excluding hydrogens is 214 g/mol. The normalized spacial score (nSPS) is 10.5. The molecule has 1 aromatic heterocycles. The highest BCUT2D eigenvalue weighted by Crippen LogP contribution is 2.18. The summed E-state index contributed by atoms with van der Waals surface area (Å²) in [6.07, 6.45) is 0.835. The molecule has 0 aliphatic carbocycles. The number of aryl methyl sites for hydroxylation is 2. The van der Waals surface area contributed by atoms with Crippen LogP contribution in [0.3, 0.4) is 0 Å². The van der Waals surface area contributed by atoms with Gasteiger partial charge in [0.2, 0.25) is 0 Å². The lowest BCUT2D eigenvalue weighted by molar-refractivity contribution is -0.366. The van der Waals surface area contributed by atoms with Gasteiger partial charge in [-0.3, -0.25) is 0 Å². The van der Waals surface area contributed by atoms with Crippen molar-refractivity contribution in [3.8, 4) is 0 Å². The van der Waals surface area contributed by atoms with Crippen LogP contribution in [0.4, 0.5) is 5.95 Å². The van der Waals surface area contributed by atoms with Gasteiger partial charge in [0.25, 0.3) is 5.96 Å². The molecule has 5 N–H and O–H groups in total. The van der Waals surface area contributed by atoms with Crippen molar-refractivity contribution in [2.24, 2.45) is 11.5 Å². The van der Waals surface area contributed by atoms with Gasteiger partial charge < -0.3 is 11.5 Å². The lowest BCUT2D eigenvalue weighted by atomic mass is 10.1. The van der Waals surface area contributed by atoms with Crippen LogP contribution >= 0.6 is 0 Å². The van der Waals surface area contributed by atoms with Crippen molar-refractivity contribution in [1.29, 1.82) is 0 Å². The maximum atomic E-state index is 5.39. The minimum atomic E-state index is 0.0963. The fraction of sp³-hybridized carbons (Fsp3) is 0.250. The van der Waals surface area contributed by atoms with Gasteiger partial charge >= 0.3 is 5.95 Å². The highest BCUT2D eigenvalue weighted by molar-refractivity contribution is 5.82. The minimum Gasteiger partial charge on any atom is -0.323 e. The summed E-state index contributed by atoms with van der Waals surface area (Å²) in [4.78, 5) is 11.5. The van der Waals surface area contributed by atoms with Crippen LogP contribution in [0.1, 0.15) is 18.2 Å². The Labute approximate surface area is 99.6 Å². The standard InChI is InChI=1S/C12H15N5/c1-3-9-8-5-4-7(2)6-10(8)16-12(15-9)17-11(13)14/h4-6H,3H2,1-2H3,(H4,13,14,15,16,17)/p+1. The van der Waals surface area contributed by atoms with Crippen molar-refractivity contribution in [3.05, 3.63) is 29.5 Å². The number of hydrogen-bond acceptors (Lipinski definition) is 2. The molecule has 0 radical (unpaired) electrons. The maximum absolute atomic E-state index is 5.39. The van der Waals surface area contributed by atoms with Crippen LogP contribution in [0, 0.1) is 6.92 Å². The second-order valence-corrected chi connectivity index (χ2v) is 3.95. The summed E-state index contributed by atoms with van der Waals surface area (Å²) in [7, 11) is 0. The Balaban J connectivity index is 2.71. The van der Waals surface area contributed by atoms with Crippen molar-refractivity contribution in [2.45, 2.75) is 20.3 Å². The highest BCUT2D eigenvalue weighted by atomic mass is 15.1. The number of guanidine groups is 1. The van der Waals surface area contributed by atoms with E-state index in [4.69, 9.17) is 11.5 Å². The van der Waals surface area contributed by atoms with Crippen molar-refractivity contribution >= 4 is 22.8 Å². The summed E-state index contributed by atoms with van der Waals surface area (Å²) in [6.45, 7) is 4.09. The Morgan fingerprint density at radius 3 is 2.71 bits per heavy atom. The first-order chi connectivity index (χ1) is 8.10. The number of nitrogens with zero attached hydrogens (tertiary/aromatic N) is 2. The third kappa shape index (κ3) is 2.33. The highest BCUT2D eigenvalue weighted by Gasteiger charge is 2.10. The molecule has 0 spiro atoms. The third-order valence-electron chi connectivity index (χ3n) is 2.52. The molecule has 2 aromatic rings. The van der Waals surface area contributed by atoms with Gasteiger partial charge in [-0.2, -0.15) is 0 Å². The van der Waals surface area contributed by atoms with Crippen LogP contribution in [0.5, 0.6) is 0 Å². The zero-order valence-corrected chi connectivity index (χ0v) is 9.99. The molecule has 2 rings (SSSR count). The summed E-state index contributed by atoms with van der Waals surface area (Å²) < 4.78 is 0. The van der Waals surface area contributed by atoms with Crippen molar-refractivity contribution in [3.63, 3.8) is 0 Å². The molecule has 0 bridgehead atoms. The van der Waals surface area contributed by atoms with Crippen LogP contribution in [0.15, 0.2) is 18.2 Å². The van der Waals surface area contributed by atoms with Crippen molar-refractivity contribution in [2.75, 3.05) is 0 Å². The monoisotopic (exact) mass is 230 g/mol. The molecular formula is C12H16N5+. The largest absolute Gasteiger partial charge is 0.354 e. The first-order valence-corrected chi connectivity index (χ1v) is 5.52. The minimum absolute atomic E-state index is 0.0963.